The topological polar surface area (TPSA) is 21.3 Å². The number of benzene rings is 1. The fraction of sp³-hybridized carbons (Fsp3) is 0.647. The second-order valence-electron chi connectivity index (χ2n) is 5.63. The van der Waals surface area contributed by atoms with Crippen LogP contribution in [-0.2, 0) is 6.54 Å². The average Bonchev–Trinajstić information content (AvgIpc) is 2.41. The normalized spacial score (nSPS) is 11.1. The van der Waals surface area contributed by atoms with Gasteiger partial charge in [-0.25, -0.2) is 0 Å². The van der Waals surface area contributed by atoms with E-state index in [1.165, 1.54) is 37.7 Å². The summed E-state index contributed by atoms with van der Waals surface area (Å²) < 4.78 is 8.01. The predicted molar refractivity (Wildman–Crippen MR) is 98.1 cm³/mol. The summed E-state index contributed by atoms with van der Waals surface area (Å²) in [6.45, 7) is 8.27. The zero-order chi connectivity index (χ0) is 15.7. The summed E-state index contributed by atoms with van der Waals surface area (Å²) in [5.74, 6) is 0.951. The monoisotopic (exact) mass is 419 g/mol. The van der Waals surface area contributed by atoms with Gasteiger partial charge in [0.15, 0.2) is 0 Å². The van der Waals surface area contributed by atoms with E-state index in [2.05, 4.69) is 64.0 Å². The molecule has 1 rings (SSSR count). The molecule has 1 aromatic rings. The van der Waals surface area contributed by atoms with Crippen LogP contribution in [0.25, 0.3) is 0 Å². The minimum Gasteiger partial charge on any atom is -0.489 e. The molecule has 0 atom stereocenters. The molecule has 120 valence electrons. The van der Waals surface area contributed by atoms with E-state index in [1.807, 2.05) is 6.07 Å². The van der Waals surface area contributed by atoms with Crippen molar-refractivity contribution in [3.8, 4) is 5.75 Å². The number of hydrogen-bond acceptors (Lipinski definition) is 2. The van der Waals surface area contributed by atoms with Crippen LogP contribution in [0, 0.1) is 0 Å². The standard InChI is InChI=1S/C17H27Br2NO/c1-4-5-6-7-8-9-20-12-14-10-15(18)11-16(19)17(14)21-13(2)3/h10-11,13,20H,4-9,12H2,1-3H3. The lowest BCUT2D eigenvalue weighted by atomic mass is 10.1. The summed E-state index contributed by atoms with van der Waals surface area (Å²) >= 11 is 7.15. The Morgan fingerprint density at radius 2 is 1.81 bits per heavy atom. The van der Waals surface area contributed by atoms with Crippen LogP contribution < -0.4 is 10.1 Å². The van der Waals surface area contributed by atoms with E-state index in [0.717, 1.165) is 27.8 Å². The van der Waals surface area contributed by atoms with E-state index in [1.54, 1.807) is 0 Å². The maximum atomic E-state index is 5.93. The Bertz CT molecular complexity index is 421. The molecule has 0 fully saturated rings. The van der Waals surface area contributed by atoms with Crippen molar-refractivity contribution in [2.75, 3.05) is 6.54 Å². The van der Waals surface area contributed by atoms with Crippen molar-refractivity contribution in [3.63, 3.8) is 0 Å². The van der Waals surface area contributed by atoms with Crippen LogP contribution >= 0.6 is 31.9 Å². The molecule has 0 bridgehead atoms. The maximum absolute atomic E-state index is 5.93. The van der Waals surface area contributed by atoms with Gasteiger partial charge in [-0.15, -0.1) is 0 Å². The van der Waals surface area contributed by atoms with Gasteiger partial charge >= 0.3 is 0 Å². The van der Waals surface area contributed by atoms with Crippen LogP contribution in [0.5, 0.6) is 5.75 Å². The Kier molecular flexibility index (Phi) is 9.61. The Morgan fingerprint density at radius 1 is 1.10 bits per heavy atom. The Balaban J connectivity index is 2.49. The predicted octanol–water partition coefficient (Wildman–Crippen LogP) is 6.06. The highest BCUT2D eigenvalue weighted by Gasteiger charge is 2.11. The number of halogens is 2. The quantitative estimate of drug-likeness (QED) is 0.464. The second kappa shape index (κ2) is 10.6. The van der Waals surface area contributed by atoms with E-state index >= 15 is 0 Å². The molecule has 0 aliphatic heterocycles. The molecule has 1 aromatic carbocycles. The minimum absolute atomic E-state index is 0.176. The summed E-state index contributed by atoms with van der Waals surface area (Å²) in [6, 6.07) is 4.17. The lowest BCUT2D eigenvalue weighted by molar-refractivity contribution is 0.238. The van der Waals surface area contributed by atoms with Gasteiger partial charge < -0.3 is 10.1 Å². The molecule has 0 heterocycles. The summed E-state index contributed by atoms with van der Waals surface area (Å²) in [7, 11) is 0. The lowest BCUT2D eigenvalue weighted by Gasteiger charge is -2.17. The lowest BCUT2D eigenvalue weighted by Crippen LogP contribution is -2.17. The summed E-state index contributed by atoms with van der Waals surface area (Å²) in [4.78, 5) is 0. The minimum atomic E-state index is 0.176. The van der Waals surface area contributed by atoms with Crippen LogP contribution in [0.15, 0.2) is 21.1 Å². The molecule has 21 heavy (non-hydrogen) atoms. The molecule has 2 nitrogen and oxygen atoms in total. The first-order chi connectivity index (χ1) is 10.0. The number of ether oxygens (including phenoxy) is 1. The first kappa shape index (κ1) is 19.0. The smallest absolute Gasteiger partial charge is 0.138 e. The van der Waals surface area contributed by atoms with Crippen molar-refractivity contribution in [3.05, 3.63) is 26.6 Å². The Hall–Kier alpha value is -0.0600. The van der Waals surface area contributed by atoms with Gasteiger partial charge in [0.1, 0.15) is 5.75 Å². The van der Waals surface area contributed by atoms with Crippen LogP contribution in [0.3, 0.4) is 0 Å². The highest BCUT2D eigenvalue weighted by molar-refractivity contribution is 9.11. The first-order valence-corrected chi connectivity index (χ1v) is 9.48. The van der Waals surface area contributed by atoms with Crippen LogP contribution in [0.1, 0.15) is 58.4 Å². The van der Waals surface area contributed by atoms with Gasteiger partial charge in [-0.05, 0) is 54.9 Å². The van der Waals surface area contributed by atoms with Gasteiger partial charge in [0.2, 0.25) is 0 Å². The van der Waals surface area contributed by atoms with E-state index in [9.17, 15) is 0 Å². The van der Waals surface area contributed by atoms with Crippen molar-refractivity contribution >= 4 is 31.9 Å². The van der Waals surface area contributed by atoms with Crippen molar-refractivity contribution in [2.45, 2.75) is 65.5 Å². The molecular weight excluding hydrogens is 394 g/mol. The summed E-state index contributed by atoms with van der Waals surface area (Å²) in [5.41, 5.74) is 1.19. The van der Waals surface area contributed by atoms with Crippen molar-refractivity contribution < 1.29 is 4.74 Å². The van der Waals surface area contributed by atoms with E-state index in [-0.39, 0.29) is 6.10 Å². The Labute approximate surface area is 146 Å². The van der Waals surface area contributed by atoms with Gasteiger partial charge in [0.05, 0.1) is 10.6 Å². The molecule has 0 saturated heterocycles. The third-order valence-electron chi connectivity index (χ3n) is 3.21. The molecule has 4 heteroatoms. The third-order valence-corrected chi connectivity index (χ3v) is 4.26. The molecule has 0 radical (unpaired) electrons. The summed E-state index contributed by atoms with van der Waals surface area (Å²) in [6.07, 6.45) is 6.74. The van der Waals surface area contributed by atoms with Gasteiger partial charge in [0.25, 0.3) is 0 Å². The third kappa shape index (κ3) is 7.66. The Morgan fingerprint density at radius 3 is 2.48 bits per heavy atom. The number of unbranched alkanes of at least 4 members (excludes halogenated alkanes) is 4. The first-order valence-electron chi connectivity index (χ1n) is 7.89. The average molecular weight is 421 g/mol. The highest BCUT2D eigenvalue weighted by Crippen LogP contribution is 2.33. The van der Waals surface area contributed by atoms with Gasteiger partial charge in [-0.3, -0.25) is 0 Å². The van der Waals surface area contributed by atoms with Crippen LogP contribution in [0.2, 0.25) is 0 Å². The molecule has 0 amide bonds. The molecule has 0 aliphatic carbocycles. The molecular formula is C17H27Br2NO. The van der Waals surface area contributed by atoms with Crippen LogP contribution in [0.4, 0.5) is 0 Å². The molecule has 0 aromatic heterocycles. The van der Waals surface area contributed by atoms with Crippen molar-refractivity contribution in [2.24, 2.45) is 0 Å². The second-order valence-corrected chi connectivity index (χ2v) is 7.40. The maximum Gasteiger partial charge on any atom is 0.138 e. The fourth-order valence-electron chi connectivity index (χ4n) is 2.19. The zero-order valence-electron chi connectivity index (χ0n) is 13.3. The number of hydrogen-bond donors (Lipinski definition) is 1. The SMILES string of the molecule is CCCCCCCNCc1cc(Br)cc(Br)c1OC(C)C. The van der Waals surface area contributed by atoms with Gasteiger partial charge in [0, 0.05) is 16.6 Å². The molecule has 0 saturated carbocycles. The molecule has 0 unspecified atom stereocenters. The number of rotatable bonds is 10. The molecule has 0 spiro atoms. The number of nitrogens with one attached hydrogen (secondary N) is 1. The van der Waals surface area contributed by atoms with Crippen molar-refractivity contribution in [1.82, 2.24) is 5.32 Å². The van der Waals surface area contributed by atoms with Gasteiger partial charge in [-0.2, -0.15) is 0 Å². The van der Waals surface area contributed by atoms with E-state index < -0.39 is 0 Å². The van der Waals surface area contributed by atoms with Crippen molar-refractivity contribution in [1.29, 1.82) is 0 Å². The largest absolute Gasteiger partial charge is 0.489 e. The van der Waals surface area contributed by atoms with Crippen LogP contribution in [-0.4, -0.2) is 12.6 Å². The van der Waals surface area contributed by atoms with E-state index in [0.29, 0.717) is 0 Å². The zero-order valence-corrected chi connectivity index (χ0v) is 16.5. The molecule has 0 aliphatic rings. The summed E-state index contributed by atoms with van der Waals surface area (Å²) in [5, 5.41) is 3.53. The highest BCUT2D eigenvalue weighted by atomic mass is 79.9. The fourth-order valence-corrected chi connectivity index (χ4v) is 3.60. The molecule has 1 N–H and O–H groups in total. The van der Waals surface area contributed by atoms with E-state index in [4.69, 9.17) is 4.74 Å². The van der Waals surface area contributed by atoms with Gasteiger partial charge in [-0.1, -0.05) is 48.5 Å².